The second-order valence-electron chi connectivity index (χ2n) is 10.5. The van der Waals surface area contributed by atoms with E-state index in [9.17, 15) is 9.59 Å². The Morgan fingerprint density at radius 1 is 1.20 bits per heavy atom. The van der Waals surface area contributed by atoms with Crippen LogP contribution in [0.3, 0.4) is 0 Å². The second-order valence-corrected chi connectivity index (χ2v) is 15.2. The maximum Gasteiger partial charge on any atom is 0.424 e. The number of carbonyl (C=O) groups is 2. The summed E-state index contributed by atoms with van der Waals surface area (Å²) < 4.78 is 17.2. The molecule has 0 aromatic carbocycles. The van der Waals surface area contributed by atoms with Crippen molar-refractivity contribution in [2.75, 3.05) is 4.90 Å². The van der Waals surface area contributed by atoms with Crippen LogP contribution in [0.1, 0.15) is 67.2 Å². The molecule has 0 fully saturated rings. The van der Waals surface area contributed by atoms with Gasteiger partial charge in [-0.2, -0.15) is 4.90 Å². The summed E-state index contributed by atoms with van der Waals surface area (Å²) in [6.45, 7) is 16.5. The molecule has 6 nitrogen and oxygen atoms in total. The normalized spacial score (nSPS) is 17.6. The van der Waals surface area contributed by atoms with Crippen molar-refractivity contribution in [3.63, 3.8) is 0 Å². The maximum atomic E-state index is 12.9. The number of nitrogens with zero attached hydrogens (tertiary/aromatic N) is 1. The molecule has 0 bridgehead atoms. The number of hydrogen-bond acceptors (Lipinski definition) is 5. The predicted molar refractivity (Wildman–Crippen MR) is 121 cm³/mol. The molecule has 30 heavy (non-hydrogen) atoms. The van der Waals surface area contributed by atoms with E-state index < -0.39 is 20.0 Å². The highest BCUT2D eigenvalue weighted by atomic mass is 28.4. The second kappa shape index (κ2) is 9.10. The summed E-state index contributed by atoms with van der Waals surface area (Å²) in [5.41, 5.74) is 0.500. The van der Waals surface area contributed by atoms with E-state index in [2.05, 4.69) is 39.9 Å². The Kier molecular flexibility index (Phi) is 7.40. The predicted octanol–water partition coefficient (Wildman–Crippen LogP) is 6.44. The minimum atomic E-state index is -1.82. The van der Waals surface area contributed by atoms with Crippen LogP contribution in [0.15, 0.2) is 34.5 Å². The molecule has 1 aliphatic carbocycles. The Morgan fingerprint density at radius 2 is 1.87 bits per heavy atom. The van der Waals surface area contributed by atoms with Crippen LogP contribution < -0.4 is 4.90 Å². The van der Waals surface area contributed by atoms with Gasteiger partial charge in [0.1, 0.15) is 5.60 Å². The quantitative estimate of drug-likeness (QED) is 0.380. The standard InChI is InChI=1S/C23H37NO5Si/c1-22(2,3)28-21(26)24(20-10-9-15-27-20)19(25)14-12-17-11-13-18(16-17)29-30(7,8)23(4,5)6/h9-11,15,18H,12-14,16H2,1-8H3. The first-order chi connectivity index (χ1) is 13.7. The summed E-state index contributed by atoms with van der Waals surface area (Å²) in [6.07, 6.45) is 5.59. The van der Waals surface area contributed by atoms with Gasteiger partial charge in [-0.25, -0.2) is 4.79 Å². The molecule has 0 aliphatic heterocycles. The first-order valence-electron chi connectivity index (χ1n) is 10.6. The van der Waals surface area contributed by atoms with Crippen LogP contribution in [-0.2, 0) is 14.0 Å². The molecule has 1 unspecified atom stereocenters. The molecule has 168 valence electrons. The van der Waals surface area contributed by atoms with Gasteiger partial charge in [0, 0.05) is 12.5 Å². The van der Waals surface area contributed by atoms with Gasteiger partial charge >= 0.3 is 6.09 Å². The topological polar surface area (TPSA) is 69.0 Å². The van der Waals surface area contributed by atoms with E-state index in [-0.39, 0.29) is 29.4 Å². The lowest BCUT2D eigenvalue weighted by molar-refractivity contribution is -0.118. The number of hydrogen-bond donors (Lipinski definition) is 0. The Hall–Kier alpha value is -1.86. The molecule has 0 saturated heterocycles. The fourth-order valence-electron chi connectivity index (χ4n) is 3.04. The number of imide groups is 1. The van der Waals surface area contributed by atoms with Gasteiger partial charge in [0.25, 0.3) is 0 Å². The molecular formula is C23H37NO5Si. The van der Waals surface area contributed by atoms with Crippen LogP contribution in [0.5, 0.6) is 0 Å². The molecule has 1 aromatic heterocycles. The summed E-state index contributed by atoms with van der Waals surface area (Å²) >= 11 is 0. The van der Waals surface area contributed by atoms with Crippen molar-refractivity contribution in [3.05, 3.63) is 30.0 Å². The summed E-state index contributed by atoms with van der Waals surface area (Å²) in [5.74, 6) is -0.164. The number of amides is 2. The summed E-state index contributed by atoms with van der Waals surface area (Å²) in [7, 11) is -1.82. The molecule has 7 heteroatoms. The van der Waals surface area contributed by atoms with Crippen molar-refractivity contribution >= 4 is 26.2 Å². The molecule has 1 aliphatic rings. The summed E-state index contributed by atoms with van der Waals surface area (Å²) in [4.78, 5) is 26.5. The first kappa shape index (κ1) is 24.4. The monoisotopic (exact) mass is 435 g/mol. The van der Waals surface area contributed by atoms with Crippen LogP contribution in [0, 0.1) is 0 Å². The van der Waals surface area contributed by atoms with E-state index in [4.69, 9.17) is 13.6 Å². The fourth-order valence-corrected chi connectivity index (χ4v) is 4.41. The SMILES string of the molecule is CC(C)(C)OC(=O)N(C(=O)CCC1=CCC(O[Si](C)(C)C(C)(C)C)C1)c1ccco1. The van der Waals surface area contributed by atoms with Crippen LogP contribution in [0.25, 0.3) is 0 Å². The van der Waals surface area contributed by atoms with Gasteiger partial charge in [0.2, 0.25) is 11.8 Å². The van der Waals surface area contributed by atoms with Crippen molar-refractivity contribution in [1.82, 2.24) is 0 Å². The smallest absolute Gasteiger partial charge is 0.424 e. The Balaban J connectivity index is 1.96. The number of furan rings is 1. The minimum Gasteiger partial charge on any atom is -0.448 e. The van der Waals surface area contributed by atoms with Crippen molar-refractivity contribution in [1.29, 1.82) is 0 Å². The van der Waals surface area contributed by atoms with Crippen LogP contribution in [-0.4, -0.2) is 32.0 Å². The van der Waals surface area contributed by atoms with Crippen molar-refractivity contribution in [2.24, 2.45) is 0 Å². The average molecular weight is 436 g/mol. The molecule has 1 heterocycles. The number of rotatable bonds is 6. The molecule has 0 radical (unpaired) electrons. The highest BCUT2D eigenvalue weighted by Gasteiger charge is 2.39. The molecule has 1 aromatic rings. The van der Waals surface area contributed by atoms with E-state index in [1.165, 1.54) is 11.8 Å². The molecule has 2 amide bonds. The van der Waals surface area contributed by atoms with E-state index in [0.29, 0.717) is 6.42 Å². The fraction of sp³-hybridized carbons (Fsp3) is 0.652. The Labute approximate surface area is 181 Å². The van der Waals surface area contributed by atoms with Crippen molar-refractivity contribution in [2.45, 2.75) is 97.1 Å². The zero-order valence-corrected chi connectivity index (χ0v) is 20.7. The molecule has 0 spiro atoms. The van der Waals surface area contributed by atoms with Crippen molar-refractivity contribution in [3.8, 4) is 0 Å². The highest BCUT2D eigenvalue weighted by Crippen LogP contribution is 2.39. The molecule has 1 atom stereocenters. The van der Waals surface area contributed by atoms with Crippen LogP contribution >= 0.6 is 0 Å². The van der Waals surface area contributed by atoms with Gasteiger partial charge in [0.15, 0.2) is 8.32 Å². The number of carbonyl (C=O) groups excluding carboxylic acids is 2. The molecule has 0 N–H and O–H groups in total. The number of ether oxygens (including phenoxy) is 1. The first-order valence-corrected chi connectivity index (χ1v) is 13.6. The third kappa shape index (κ3) is 6.57. The van der Waals surface area contributed by atoms with Gasteiger partial charge in [-0.1, -0.05) is 32.4 Å². The minimum absolute atomic E-state index is 0.169. The molecule has 2 rings (SSSR count). The summed E-state index contributed by atoms with van der Waals surface area (Å²) in [5, 5.41) is 0.169. The number of anilines is 1. The zero-order valence-electron chi connectivity index (χ0n) is 19.7. The van der Waals surface area contributed by atoms with Gasteiger partial charge < -0.3 is 13.6 Å². The van der Waals surface area contributed by atoms with Gasteiger partial charge in [0.05, 0.1) is 12.4 Å². The third-order valence-corrected chi connectivity index (χ3v) is 10.2. The lowest BCUT2D eigenvalue weighted by Crippen LogP contribution is -2.43. The largest absolute Gasteiger partial charge is 0.448 e. The van der Waals surface area contributed by atoms with E-state index >= 15 is 0 Å². The molecular weight excluding hydrogens is 398 g/mol. The van der Waals surface area contributed by atoms with Crippen molar-refractivity contribution < 1.29 is 23.2 Å². The lowest BCUT2D eigenvalue weighted by atomic mass is 10.1. The van der Waals surface area contributed by atoms with E-state index in [0.717, 1.165) is 17.7 Å². The maximum absolute atomic E-state index is 12.9. The average Bonchev–Trinajstić information content (AvgIpc) is 3.22. The van der Waals surface area contributed by atoms with Crippen LogP contribution in [0.4, 0.5) is 10.7 Å². The highest BCUT2D eigenvalue weighted by molar-refractivity contribution is 6.74. The third-order valence-electron chi connectivity index (χ3n) is 5.64. The van der Waals surface area contributed by atoms with E-state index in [1.807, 2.05) is 0 Å². The van der Waals surface area contributed by atoms with Gasteiger partial charge in [-0.15, -0.1) is 0 Å². The Morgan fingerprint density at radius 3 is 2.40 bits per heavy atom. The Bertz CT molecular complexity index is 769. The lowest BCUT2D eigenvalue weighted by Gasteiger charge is -2.38. The van der Waals surface area contributed by atoms with Gasteiger partial charge in [-0.3, -0.25) is 4.79 Å². The summed E-state index contributed by atoms with van der Waals surface area (Å²) in [6, 6.07) is 3.22. The molecule has 0 saturated carbocycles. The van der Waals surface area contributed by atoms with Gasteiger partial charge in [-0.05, 0) is 64.2 Å². The van der Waals surface area contributed by atoms with E-state index in [1.54, 1.807) is 32.9 Å². The van der Waals surface area contributed by atoms with Crippen LogP contribution in [0.2, 0.25) is 18.1 Å². The zero-order chi connectivity index (χ0) is 22.7.